The van der Waals surface area contributed by atoms with Crippen molar-refractivity contribution in [3.63, 3.8) is 0 Å². The number of amides is 2. The van der Waals surface area contributed by atoms with Crippen molar-refractivity contribution in [3.05, 3.63) is 42.6 Å². The summed E-state index contributed by atoms with van der Waals surface area (Å²) in [6.45, 7) is 1.51. The fourth-order valence-corrected chi connectivity index (χ4v) is 5.52. The number of aromatic nitrogens is 2. The highest BCUT2D eigenvalue weighted by atomic mass is 35.5. The minimum absolute atomic E-state index is 0. The molecule has 2 aliphatic rings. The zero-order valence-electron chi connectivity index (χ0n) is 17.5. The number of pyridine rings is 1. The van der Waals surface area contributed by atoms with E-state index in [1.165, 1.54) is 24.2 Å². The molecule has 170 valence electrons. The molecule has 2 aliphatic heterocycles. The van der Waals surface area contributed by atoms with Crippen LogP contribution in [0.3, 0.4) is 0 Å². The van der Waals surface area contributed by atoms with Gasteiger partial charge in [-0.25, -0.2) is 9.78 Å². The van der Waals surface area contributed by atoms with Gasteiger partial charge in [-0.15, -0.1) is 12.4 Å². The predicted octanol–water partition coefficient (Wildman–Crippen LogP) is 3.95. The number of carbonyl (C=O) groups is 1. The lowest BCUT2D eigenvalue weighted by atomic mass is 9.97. The Morgan fingerprint density at radius 2 is 1.88 bits per heavy atom. The molecule has 0 aliphatic carbocycles. The van der Waals surface area contributed by atoms with Crippen molar-refractivity contribution in [2.24, 2.45) is 5.73 Å². The number of halogens is 1. The van der Waals surface area contributed by atoms with Gasteiger partial charge < -0.3 is 20.5 Å². The van der Waals surface area contributed by atoms with Crippen LogP contribution in [-0.2, 0) is 0 Å². The van der Waals surface area contributed by atoms with Gasteiger partial charge in [0.2, 0.25) is 0 Å². The number of fused-ring (bicyclic) bond motifs is 3. The number of thiazole rings is 1. The fourth-order valence-electron chi connectivity index (χ4n) is 4.72. The van der Waals surface area contributed by atoms with Crippen LogP contribution in [0.2, 0.25) is 0 Å². The standard InChI is InChI=1S/C22H25N5O3S.ClH/c23-21(28)25-14-12-15-3-4-16(13-14)27(15)10-11-29-17-5-7-18(8-6-17)30-22-26-20-19(31-22)2-1-9-24-20;/h1-2,5-9,14-16H,3-4,10-13H2,(H3,23,25,28);1H/t14?,15-,16+;. The van der Waals surface area contributed by atoms with Gasteiger partial charge in [-0.1, -0.05) is 11.3 Å². The molecule has 1 aromatic carbocycles. The molecular weight excluding hydrogens is 450 g/mol. The first-order valence-electron chi connectivity index (χ1n) is 10.6. The third kappa shape index (κ3) is 5.06. The van der Waals surface area contributed by atoms with Crippen LogP contribution in [0.5, 0.6) is 16.7 Å². The van der Waals surface area contributed by atoms with E-state index >= 15 is 0 Å². The Kier molecular flexibility index (Phi) is 6.98. The number of hydrogen-bond acceptors (Lipinski definition) is 7. The maximum atomic E-state index is 11.1. The molecule has 1 unspecified atom stereocenters. The molecule has 3 aromatic rings. The van der Waals surface area contributed by atoms with Gasteiger partial charge in [-0.3, -0.25) is 4.90 Å². The first-order chi connectivity index (χ1) is 15.1. The minimum Gasteiger partial charge on any atom is -0.492 e. The number of rotatable bonds is 7. The highest BCUT2D eigenvalue weighted by Crippen LogP contribution is 2.35. The average molecular weight is 476 g/mol. The lowest BCUT2D eigenvalue weighted by Crippen LogP contribution is -2.52. The minimum atomic E-state index is -0.423. The van der Waals surface area contributed by atoms with Gasteiger partial charge in [0.25, 0.3) is 5.19 Å². The summed E-state index contributed by atoms with van der Waals surface area (Å²) in [7, 11) is 0. The van der Waals surface area contributed by atoms with Crippen molar-refractivity contribution in [2.45, 2.75) is 43.8 Å². The maximum Gasteiger partial charge on any atom is 0.312 e. The van der Waals surface area contributed by atoms with E-state index in [0.29, 0.717) is 35.3 Å². The van der Waals surface area contributed by atoms with Gasteiger partial charge in [0.05, 0.1) is 4.70 Å². The van der Waals surface area contributed by atoms with Crippen LogP contribution < -0.4 is 20.5 Å². The summed E-state index contributed by atoms with van der Waals surface area (Å²) in [6.07, 6.45) is 6.01. The second-order valence-corrected chi connectivity index (χ2v) is 9.02. The monoisotopic (exact) mass is 475 g/mol. The number of nitrogens with two attached hydrogens (primary N) is 1. The van der Waals surface area contributed by atoms with Crippen LogP contribution in [0.4, 0.5) is 4.79 Å². The summed E-state index contributed by atoms with van der Waals surface area (Å²) in [4.78, 5) is 22.3. The van der Waals surface area contributed by atoms with Gasteiger partial charge in [-0.05, 0) is 62.1 Å². The van der Waals surface area contributed by atoms with Crippen molar-refractivity contribution in [2.75, 3.05) is 13.2 Å². The zero-order chi connectivity index (χ0) is 21.2. The molecule has 5 rings (SSSR count). The Labute approximate surface area is 196 Å². The number of piperidine rings is 1. The Hall–Kier alpha value is -2.62. The lowest BCUT2D eigenvalue weighted by Gasteiger charge is -2.38. The van der Waals surface area contributed by atoms with Crippen molar-refractivity contribution in [1.29, 1.82) is 0 Å². The molecule has 8 nitrogen and oxygen atoms in total. The SMILES string of the molecule is Cl.NC(=O)NC1C[C@H]2CC[C@@H](C1)N2CCOc1ccc(Oc2nc3ncccc3s2)cc1. The largest absolute Gasteiger partial charge is 0.492 e. The fraction of sp³-hybridized carbons (Fsp3) is 0.409. The summed E-state index contributed by atoms with van der Waals surface area (Å²) in [6, 6.07) is 12.3. The molecule has 2 bridgehead atoms. The molecule has 2 amide bonds. The quantitative estimate of drug-likeness (QED) is 0.536. The van der Waals surface area contributed by atoms with Gasteiger partial charge in [0.1, 0.15) is 18.1 Å². The maximum absolute atomic E-state index is 11.1. The molecule has 0 saturated carbocycles. The van der Waals surface area contributed by atoms with Crippen molar-refractivity contribution in [3.8, 4) is 16.7 Å². The number of ether oxygens (including phenoxy) is 2. The van der Waals surface area contributed by atoms with Crippen LogP contribution in [0, 0.1) is 0 Å². The summed E-state index contributed by atoms with van der Waals surface area (Å²) in [5.74, 6) is 1.53. The van der Waals surface area contributed by atoms with E-state index in [0.717, 1.165) is 29.8 Å². The molecular formula is C22H26ClN5O3S. The molecule has 3 N–H and O–H groups in total. The van der Waals surface area contributed by atoms with E-state index < -0.39 is 6.03 Å². The smallest absolute Gasteiger partial charge is 0.312 e. The second-order valence-electron chi connectivity index (χ2n) is 8.03. The molecule has 3 atom stereocenters. The van der Waals surface area contributed by atoms with E-state index in [-0.39, 0.29) is 18.4 Å². The van der Waals surface area contributed by atoms with E-state index in [1.807, 2.05) is 36.4 Å². The number of hydrogen-bond donors (Lipinski definition) is 2. The molecule has 2 fully saturated rings. The highest BCUT2D eigenvalue weighted by Gasteiger charge is 2.40. The third-order valence-corrected chi connectivity index (χ3v) is 6.91. The average Bonchev–Trinajstić information content (AvgIpc) is 3.26. The Bertz CT molecular complexity index is 1020. The van der Waals surface area contributed by atoms with E-state index in [1.54, 1.807) is 6.20 Å². The molecule has 2 saturated heterocycles. The molecule has 0 spiro atoms. The number of carbonyl (C=O) groups excluding carboxylic acids is 1. The summed E-state index contributed by atoms with van der Waals surface area (Å²) >= 11 is 1.47. The molecule has 4 heterocycles. The number of urea groups is 1. The second kappa shape index (κ2) is 9.89. The molecule has 10 heteroatoms. The van der Waals surface area contributed by atoms with Gasteiger partial charge >= 0.3 is 6.03 Å². The van der Waals surface area contributed by atoms with E-state index in [4.69, 9.17) is 15.2 Å². The van der Waals surface area contributed by atoms with Crippen LogP contribution >= 0.6 is 23.7 Å². The van der Waals surface area contributed by atoms with Crippen LogP contribution in [0.1, 0.15) is 25.7 Å². The zero-order valence-corrected chi connectivity index (χ0v) is 19.1. The number of nitrogens with zero attached hydrogens (tertiary/aromatic N) is 3. The van der Waals surface area contributed by atoms with Crippen LogP contribution in [0.25, 0.3) is 10.3 Å². The Balaban J connectivity index is 0.00000245. The number of benzene rings is 1. The van der Waals surface area contributed by atoms with E-state index in [9.17, 15) is 4.79 Å². The normalized spacial score (nSPS) is 22.3. The topological polar surface area (TPSA) is 103 Å². The van der Waals surface area contributed by atoms with Crippen LogP contribution in [0.15, 0.2) is 42.6 Å². The molecule has 32 heavy (non-hydrogen) atoms. The van der Waals surface area contributed by atoms with Gasteiger partial charge in [0, 0.05) is 30.9 Å². The summed E-state index contributed by atoms with van der Waals surface area (Å²) in [5, 5.41) is 3.45. The Morgan fingerprint density at radius 3 is 2.56 bits per heavy atom. The Morgan fingerprint density at radius 1 is 1.16 bits per heavy atom. The van der Waals surface area contributed by atoms with Gasteiger partial charge in [0.15, 0.2) is 5.65 Å². The molecule has 2 aromatic heterocycles. The van der Waals surface area contributed by atoms with Crippen molar-refractivity contribution in [1.82, 2.24) is 20.2 Å². The number of primary amides is 1. The van der Waals surface area contributed by atoms with Crippen molar-refractivity contribution >= 4 is 40.1 Å². The lowest BCUT2D eigenvalue weighted by molar-refractivity contribution is 0.1000. The van der Waals surface area contributed by atoms with Gasteiger partial charge in [-0.2, -0.15) is 4.98 Å². The summed E-state index contributed by atoms with van der Waals surface area (Å²) in [5.41, 5.74) is 5.99. The predicted molar refractivity (Wildman–Crippen MR) is 126 cm³/mol. The first kappa shape index (κ1) is 22.6. The number of nitrogens with one attached hydrogen (secondary N) is 1. The van der Waals surface area contributed by atoms with Crippen molar-refractivity contribution < 1.29 is 14.3 Å². The molecule has 0 radical (unpaired) electrons. The van der Waals surface area contributed by atoms with E-state index in [2.05, 4.69) is 20.2 Å². The first-order valence-corrected chi connectivity index (χ1v) is 11.4. The highest BCUT2D eigenvalue weighted by molar-refractivity contribution is 7.20. The summed E-state index contributed by atoms with van der Waals surface area (Å²) < 4.78 is 12.8. The van der Waals surface area contributed by atoms with Crippen LogP contribution in [-0.4, -0.2) is 52.2 Å². The third-order valence-electron chi connectivity index (χ3n) is 6.02.